The zero-order valence-corrected chi connectivity index (χ0v) is 15.4. The molecule has 0 spiro atoms. The molecule has 0 atom stereocenters. The lowest BCUT2D eigenvalue weighted by Crippen LogP contribution is -2.38. The van der Waals surface area contributed by atoms with Gasteiger partial charge in [0.25, 0.3) is 5.91 Å². The molecular weight excluding hydrogens is 363 g/mol. The molecule has 0 saturated carbocycles. The summed E-state index contributed by atoms with van der Waals surface area (Å²) in [6, 6.07) is 11.8. The quantitative estimate of drug-likeness (QED) is 0.820. The van der Waals surface area contributed by atoms with Gasteiger partial charge in [-0.3, -0.25) is 9.59 Å². The van der Waals surface area contributed by atoms with Crippen molar-refractivity contribution >= 4 is 40.7 Å². The van der Waals surface area contributed by atoms with Crippen LogP contribution < -0.4 is 10.1 Å². The molecule has 132 valence electrons. The molecule has 5 nitrogen and oxygen atoms in total. The number of hydrogen-bond acceptors (Lipinski definition) is 3. The van der Waals surface area contributed by atoms with Gasteiger partial charge in [-0.05, 0) is 31.2 Å². The summed E-state index contributed by atoms with van der Waals surface area (Å²) in [7, 11) is 1.55. The largest absolute Gasteiger partial charge is 0.497 e. The van der Waals surface area contributed by atoms with E-state index in [0.717, 1.165) is 0 Å². The monoisotopic (exact) mass is 380 g/mol. The molecule has 0 fully saturated rings. The second-order valence-electron chi connectivity index (χ2n) is 5.20. The lowest BCUT2D eigenvalue weighted by atomic mass is 10.2. The predicted molar refractivity (Wildman–Crippen MR) is 99.7 cm³/mol. The molecule has 0 radical (unpaired) electrons. The van der Waals surface area contributed by atoms with E-state index in [1.54, 1.807) is 56.5 Å². The van der Waals surface area contributed by atoms with E-state index in [-0.39, 0.29) is 34.0 Å². The zero-order chi connectivity index (χ0) is 18.4. The SMILES string of the molecule is CCN(CC(=O)Nc1cccc(OC)c1)C(=O)c1c(Cl)cccc1Cl. The van der Waals surface area contributed by atoms with Crippen LogP contribution >= 0.6 is 23.2 Å². The number of halogens is 2. The molecule has 25 heavy (non-hydrogen) atoms. The van der Waals surface area contributed by atoms with E-state index in [2.05, 4.69) is 5.32 Å². The zero-order valence-electron chi connectivity index (χ0n) is 13.9. The van der Waals surface area contributed by atoms with Gasteiger partial charge in [-0.25, -0.2) is 0 Å². The normalized spacial score (nSPS) is 10.2. The van der Waals surface area contributed by atoms with E-state index in [0.29, 0.717) is 18.0 Å². The first-order valence-corrected chi connectivity index (χ1v) is 8.39. The number of amides is 2. The average Bonchev–Trinajstić information content (AvgIpc) is 2.59. The molecule has 0 saturated heterocycles. The average molecular weight is 381 g/mol. The molecule has 1 N–H and O–H groups in total. The minimum absolute atomic E-state index is 0.117. The Bertz CT molecular complexity index is 760. The molecule has 7 heteroatoms. The molecule has 0 aromatic heterocycles. The standard InChI is InChI=1S/C18H18Cl2N2O3/c1-3-22(18(24)17-14(19)8-5-9-15(17)20)11-16(23)21-12-6-4-7-13(10-12)25-2/h4-10H,3,11H2,1-2H3,(H,21,23). The lowest BCUT2D eigenvalue weighted by Gasteiger charge is -2.21. The van der Waals surface area contributed by atoms with Crippen LogP contribution in [0.1, 0.15) is 17.3 Å². The highest BCUT2D eigenvalue weighted by Crippen LogP contribution is 2.25. The van der Waals surface area contributed by atoms with Gasteiger partial charge >= 0.3 is 0 Å². The Morgan fingerprint density at radius 3 is 2.36 bits per heavy atom. The first-order chi connectivity index (χ1) is 12.0. The third kappa shape index (κ3) is 4.87. The van der Waals surface area contributed by atoms with Crippen molar-refractivity contribution < 1.29 is 14.3 Å². The first kappa shape index (κ1) is 19.1. The molecule has 0 unspecified atom stereocenters. The molecule has 0 bridgehead atoms. The highest BCUT2D eigenvalue weighted by atomic mass is 35.5. The number of nitrogens with zero attached hydrogens (tertiary/aromatic N) is 1. The Morgan fingerprint density at radius 2 is 1.76 bits per heavy atom. The first-order valence-electron chi connectivity index (χ1n) is 7.63. The summed E-state index contributed by atoms with van der Waals surface area (Å²) in [5.41, 5.74) is 0.783. The lowest BCUT2D eigenvalue weighted by molar-refractivity contribution is -0.116. The maximum atomic E-state index is 12.7. The number of benzene rings is 2. The summed E-state index contributed by atoms with van der Waals surface area (Å²) in [5, 5.41) is 3.25. The number of rotatable bonds is 6. The van der Waals surface area contributed by atoms with Gasteiger partial charge in [0, 0.05) is 18.3 Å². The van der Waals surface area contributed by atoms with E-state index in [4.69, 9.17) is 27.9 Å². The van der Waals surface area contributed by atoms with Crippen LogP contribution in [-0.2, 0) is 4.79 Å². The summed E-state index contributed by atoms with van der Waals surface area (Å²) in [4.78, 5) is 26.3. The van der Waals surface area contributed by atoms with E-state index in [1.807, 2.05) is 0 Å². The third-order valence-electron chi connectivity index (χ3n) is 3.53. The highest BCUT2D eigenvalue weighted by Gasteiger charge is 2.22. The summed E-state index contributed by atoms with van der Waals surface area (Å²) in [6.07, 6.45) is 0. The van der Waals surface area contributed by atoms with E-state index in [1.165, 1.54) is 4.90 Å². The molecule has 0 aliphatic rings. The second-order valence-corrected chi connectivity index (χ2v) is 6.01. The van der Waals surface area contributed by atoms with Crippen molar-refractivity contribution in [3.05, 3.63) is 58.1 Å². The number of hydrogen-bond donors (Lipinski definition) is 1. The van der Waals surface area contributed by atoms with Crippen LogP contribution in [0.25, 0.3) is 0 Å². The third-order valence-corrected chi connectivity index (χ3v) is 4.16. The molecule has 2 aromatic carbocycles. The van der Waals surface area contributed by atoms with Crippen molar-refractivity contribution in [2.45, 2.75) is 6.92 Å². The van der Waals surface area contributed by atoms with Crippen LogP contribution in [0.2, 0.25) is 10.0 Å². The summed E-state index contributed by atoms with van der Waals surface area (Å²) < 4.78 is 5.12. The number of ether oxygens (including phenoxy) is 1. The summed E-state index contributed by atoms with van der Waals surface area (Å²) in [6.45, 7) is 2.00. The van der Waals surface area contributed by atoms with E-state index < -0.39 is 0 Å². The van der Waals surface area contributed by atoms with Crippen molar-refractivity contribution in [1.82, 2.24) is 4.90 Å². The van der Waals surface area contributed by atoms with Gasteiger partial charge < -0.3 is 15.0 Å². The van der Waals surface area contributed by atoms with Crippen molar-refractivity contribution in [3.63, 3.8) is 0 Å². The highest BCUT2D eigenvalue weighted by molar-refractivity contribution is 6.39. The number of likely N-dealkylation sites (N-methyl/N-ethyl adjacent to an activating group) is 1. The Hall–Kier alpha value is -2.24. The van der Waals surface area contributed by atoms with Crippen LogP contribution in [0.4, 0.5) is 5.69 Å². The van der Waals surface area contributed by atoms with Gasteiger partial charge in [0.15, 0.2) is 0 Å². The van der Waals surface area contributed by atoms with Crippen LogP contribution in [0, 0.1) is 0 Å². The molecule has 0 heterocycles. The van der Waals surface area contributed by atoms with Crippen LogP contribution in [0.5, 0.6) is 5.75 Å². The van der Waals surface area contributed by atoms with Gasteiger partial charge in [-0.1, -0.05) is 35.3 Å². The maximum Gasteiger partial charge on any atom is 0.257 e. The Kier molecular flexibility index (Phi) is 6.67. The van der Waals surface area contributed by atoms with Crippen molar-refractivity contribution in [3.8, 4) is 5.75 Å². The smallest absolute Gasteiger partial charge is 0.257 e. The van der Waals surface area contributed by atoms with Gasteiger partial charge in [-0.2, -0.15) is 0 Å². The fraction of sp³-hybridized carbons (Fsp3) is 0.222. The summed E-state index contributed by atoms with van der Waals surface area (Å²) >= 11 is 12.2. The Balaban J connectivity index is 2.10. The number of carbonyl (C=O) groups excluding carboxylic acids is 2. The molecular formula is C18H18Cl2N2O3. The second kappa shape index (κ2) is 8.74. The summed E-state index contributed by atoms with van der Waals surface area (Å²) in [5.74, 6) is -0.0883. The molecule has 2 rings (SSSR count). The maximum absolute atomic E-state index is 12.7. The van der Waals surface area contributed by atoms with Gasteiger partial charge in [0.2, 0.25) is 5.91 Å². The Labute approximate surface area is 156 Å². The van der Waals surface area contributed by atoms with Crippen LogP contribution in [0.3, 0.4) is 0 Å². The molecule has 2 aromatic rings. The van der Waals surface area contributed by atoms with Gasteiger partial charge in [0.1, 0.15) is 12.3 Å². The minimum atomic E-state index is -0.390. The van der Waals surface area contributed by atoms with Gasteiger partial charge in [0.05, 0.1) is 22.7 Å². The van der Waals surface area contributed by atoms with Crippen molar-refractivity contribution in [1.29, 1.82) is 0 Å². The fourth-order valence-corrected chi connectivity index (χ4v) is 2.82. The molecule has 0 aliphatic carbocycles. The molecule has 2 amide bonds. The number of nitrogens with one attached hydrogen (secondary N) is 1. The van der Waals surface area contributed by atoms with Crippen molar-refractivity contribution in [2.24, 2.45) is 0 Å². The predicted octanol–water partition coefficient (Wildman–Crippen LogP) is 4.10. The van der Waals surface area contributed by atoms with Gasteiger partial charge in [-0.15, -0.1) is 0 Å². The minimum Gasteiger partial charge on any atom is -0.497 e. The van der Waals surface area contributed by atoms with E-state index in [9.17, 15) is 9.59 Å². The number of anilines is 1. The molecule has 0 aliphatic heterocycles. The number of methoxy groups -OCH3 is 1. The van der Waals surface area contributed by atoms with Crippen LogP contribution in [-0.4, -0.2) is 36.9 Å². The Morgan fingerprint density at radius 1 is 1.12 bits per heavy atom. The van der Waals surface area contributed by atoms with E-state index >= 15 is 0 Å². The van der Waals surface area contributed by atoms with Crippen LogP contribution in [0.15, 0.2) is 42.5 Å². The van der Waals surface area contributed by atoms with Crippen molar-refractivity contribution in [2.75, 3.05) is 25.5 Å². The fourth-order valence-electron chi connectivity index (χ4n) is 2.26. The topological polar surface area (TPSA) is 58.6 Å². The number of carbonyl (C=O) groups is 2.